The third-order valence-electron chi connectivity index (χ3n) is 6.83. The van der Waals surface area contributed by atoms with E-state index in [2.05, 4.69) is 42.7 Å². The minimum Gasteiger partial charge on any atom is -0.497 e. The van der Waals surface area contributed by atoms with Gasteiger partial charge in [0.2, 0.25) is 10.0 Å². The fourth-order valence-electron chi connectivity index (χ4n) is 5.04. The molecule has 34 heavy (non-hydrogen) atoms. The van der Waals surface area contributed by atoms with Crippen LogP contribution in [-0.4, -0.2) is 68.2 Å². The molecule has 6 nitrogen and oxygen atoms in total. The highest BCUT2D eigenvalue weighted by atomic mass is 32.2. The van der Waals surface area contributed by atoms with E-state index in [1.54, 1.807) is 35.7 Å². The SMILES string of the molecule is COc1ccc(S(=O)(=O)N2CCCCN3[C@H](CO)[C@H](c4ccc(C#CC(C)C)cc4)[C@@H]3C2)cc1. The molecule has 2 heterocycles. The summed E-state index contributed by atoms with van der Waals surface area (Å²) in [5.41, 5.74) is 2.09. The van der Waals surface area contributed by atoms with Crippen LogP contribution in [0.5, 0.6) is 5.75 Å². The van der Waals surface area contributed by atoms with Crippen molar-refractivity contribution in [3.63, 3.8) is 0 Å². The van der Waals surface area contributed by atoms with Crippen molar-refractivity contribution in [3.8, 4) is 17.6 Å². The number of hydrogen-bond donors (Lipinski definition) is 1. The largest absolute Gasteiger partial charge is 0.497 e. The number of benzene rings is 2. The Balaban J connectivity index is 1.59. The Morgan fingerprint density at radius 3 is 2.35 bits per heavy atom. The smallest absolute Gasteiger partial charge is 0.243 e. The maximum absolute atomic E-state index is 13.5. The lowest BCUT2D eigenvalue weighted by Crippen LogP contribution is -2.67. The summed E-state index contributed by atoms with van der Waals surface area (Å²) in [5.74, 6) is 7.39. The molecule has 0 aliphatic carbocycles. The Kier molecular flexibility index (Phi) is 7.63. The van der Waals surface area contributed by atoms with E-state index < -0.39 is 10.0 Å². The lowest BCUT2D eigenvalue weighted by atomic mass is 9.74. The Morgan fingerprint density at radius 2 is 1.74 bits per heavy atom. The number of fused-ring (bicyclic) bond motifs is 1. The van der Waals surface area contributed by atoms with Crippen molar-refractivity contribution < 1.29 is 18.3 Å². The normalized spacial score (nSPS) is 23.7. The summed E-state index contributed by atoms with van der Waals surface area (Å²) in [4.78, 5) is 2.57. The highest BCUT2D eigenvalue weighted by Crippen LogP contribution is 2.42. The zero-order valence-corrected chi connectivity index (χ0v) is 21.0. The minimum atomic E-state index is -3.63. The van der Waals surface area contributed by atoms with Crippen LogP contribution >= 0.6 is 0 Å². The van der Waals surface area contributed by atoms with Crippen LogP contribution in [0.3, 0.4) is 0 Å². The topological polar surface area (TPSA) is 70.1 Å². The van der Waals surface area contributed by atoms with Gasteiger partial charge in [0.05, 0.1) is 18.6 Å². The average molecular weight is 483 g/mol. The second kappa shape index (κ2) is 10.5. The predicted molar refractivity (Wildman–Crippen MR) is 133 cm³/mol. The fraction of sp³-hybridized carbons (Fsp3) is 0.481. The van der Waals surface area contributed by atoms with Gasteiger partial charge in [0.15, 0.2) is 0 Å². The summed E-state index contributed by atoms with van der Waals surface area (Å²) < 4.78 is 33.8. The second-order valence-corrected chi connectivity index (χ2v) is 11.3. The number of methoxy groups -OCH3 is 1. The lowest BCUT2D eigenvalue weighted by Gasteiger charge is -2.57. The maximum Gasteiger partial charge on any atom is 0.243 e. The number of rotatable bonds is 5. The molecule has 2 saturated heterocycles. The van der Waals surface area contributed by atoms with Gasteiger partial charge in [0.25, 0.3) is 0 Å². The van der Waals surface area contributed by atoms with Gasteiger partial charge >= 0.3 is 0 Å². The zero-order chi connectivity index (χ0) is 24.3. The van der Waals surface area contributed by atoms with Gasteiger partial charge in [-0.05, 0) is 61.3 Å². The van der Waals surface area contributed by atoms with Crippen molar-refractivity contribution in [1.29, 1.82) is 0 Å². The van der Waals surface area contributed by atoms with Gasteiger partial charge in [-0.3, -0.25) is 4.90 Å². The van der Waals surface area contributed by atoms with Crippen LogP contribution in [0.1, 0.15) is 43.7 Å². The maximum atomic E-state index is 13.5. The molecule has 4 rings (SSSR count). The third kappa shape index (κ3) is 5.01. The number of ether oxygens (including phenoxy) is 1. The van der Waals surface area contributed by atoms with Gasteiger partial charge in [-0.2, -0.15) is 4.31 Å². The Labute approximate surface area is 203 Å². The van der Waals surface area contributed by atoms with Crippen LogP contribution in [0.25, 0.3) is 0 Å². The van der Waals surface area contributed by atoms with Crippen LogP contribution in [0, 0.1) is 17.8 Å². The molecule has 2 fully saturated rings. The standard InChI is InChI=1S/C27H34N2O4S/c1-20(2)6-7-21-8-10-22(11-9-21)27-25-18-28(16-4-5-17-29(25)26(27)19-30)34(31,32)24-14-12-23(33-3)13-15-24/h8-15,20,25-27,30H,4-5,16-19H2,1-3H3/t25-,26+,27+/m0/s1. The molecule has 0 amide bonds. The Bertz CT molecular complexity index is 1130. The first kappa shape index (κ1) is 24.7. The Hall–Kier alpha value is -2.37. The summed E-state index contributed by atoms with van der Waals surface area (Å²) in [6, 6.07) is 14.8. The van der Waals surface area contributed by atoms with Gasteiger partial charge < -0.3 is 9.84 Å². The molecule has 2 aromatic carbocycles. The Morgan fingerprint density at radius 1 is 1.06 bits per heavy atom. The van der Waals surface area contributed by atoms with Crippen molar-refractivity contribution in [2.75, 3.05) is 33.4 Å². The number of aliphatic hydroxyl groups excluding tert-OH is 1. The average Bonchev–Trinajstić information content (AvgIpc) is 2.82. The van der Waals surface area contributed by atoms with Crippen LogP contribution < -0.4 is 4.74 Å². The van der Waals surface area contributed by atoms with Crippen LogP contribution in [0.2, 0.25) is 0 Å². The van der Waals surface area contributed by atoms with Gasteiger partial charge in [-0.1, -0.05) is 37.8 Å². The monoisotopic (exact) mass is 482 g/mol. The summed E-state index contributed by atoms with van der Waals surface area (Å²) in [6.07, 6.45) is 1.70. The summed E-state index contributed by atoms with van der Waals surface area (Å²) in [5, 5.41) is 10.2. The molecule has 2 aliphatic heterocycles. The van der Waals surface area contributed by atoms with E-state index in [1.165, 1.54) is 0 Å². The molecule has 2 aromatic rings. The fourth-order valence-corrected chi connectivity index (χ4v) is 6.54. The predicted octanol–water partition coefficient (Wildman–Crippen LogP) is 3.32. The zero-order valence-electron chi connectivity index (χ0n) is 20.1. The van der Waals surface area contributed by atoms with Gasteiger partial charge in [-0.25, -0.2) is 8.42 Å². The van der Waals surface area contributed by atoms with E-state index in [4.69, 9.17) is 4.74 Å². The van der Waals surface area contributed by atoms with E-state index in [1.807, 2.05) is 12.1 Å². The van der Waals surface area contributed by atoms with Gasteiger partial charge in [-0.15, -0.1) is 0 Å². The van der Waals surface area contributed by atoms with Crippen LogP contribution in [-0.2, 0) is 10.0 Å². The van der Waals surface area contributed by atoms with Crippen molar-refractivity contribution in [2.45, 2.75) is 49.6 Å². The van der Waals surface area contributed by atoms with E-state index in [0.29, 0.717) is 24.8 Å². The molecule has 3 atom stereocenters. The first-order valence-electron chi connectivity index (χ1n) is 12.0. The molecule has 0 bridgehead atoms. The molecule has 0 aromatic heterocycles. The lowest BCUT2D eigenvalue weighted by molar-refractivity contribution is -0.0553. The summed E-state index contributed by atoms with van der Waals surface area (Å²) >= 11 is 0. The molecule has 0 saturated carbocycles. The van der Waals surface area contributed by atoms with Crippen LogP contribution in [0.4, 0.5) is 0 Å². The van der Waals surface area contributed by atoms with Crippen molar-refractivity contribution in [2.24, 2.45) is 5.92 Å². The number of hydrogen-bond acceptors (Lipinski definition) is 5. The van der Waals surface area contributed by atoms with Gasteiger partial charge in [0.1, 0.15) is 5.75 Å². The molecule has 7 heteroatoms. The number of aliphatic hydroxyl groups is 1. The second-order valence-electron chi connectivity index (χ2n) is 9.37. The third-order valence-corrected chi connectivity index (χ3v) is 8.71. The molecule has 0 unspecified atom stereocenters. The highest BCUT2D eigenvalue weighted by molar-refractivity contribution is 7.89. The van der Waals surface area contributed by atoms with E-state index in [-0.39, 0.29) is 29.5 Å². The summed E-state index contributed by atoms with van der Waals surface area (Å²) in [7, 11) is -2.07. The molecule has 1 N–H and O–H groups in total. The minimum absolute atomic E-state index is 0.00115. The van der Waals surface area contributed by atoms with Crippen molar-refractivity contribution in [3.05, 3.63) is 59.7 Å². The van der Waals surface area contributed by atoms with Gasteiger partial charge in [0, 0.05) is 42.6 Å². The first-order valence-corrected chi connectivity index (χ1v) is 13.4. The molecule has 182 valence electrons. The van der Waals surface area contributed by atoms with Crippen molar-refractivity contribution >= 4 is 10.0 Å². The summed E-state index contributed by atoms with van der Waals surface area (Å²) in [6.45, 7) is 5.97. The van der Waals surface area contributed by atoms with E-state index >= 15 is 0 Å². The molecule has 0 spiro atoms. The quantitative estimate of drug-likeness (QED) is 0.662. The van der Waals surface area contributed by atoms with E-state index in [0.717, 1.165) is 30.5 Å². The molecular weight excluding hydrogens is 448 g/mol. The van der Waals surface area contributed by atoms with E-state index in [9.17, 15) is 13.5 Å². The number of nitrogens with zero attached hydrogens (tertiary/aromatic N) is 2. The number of sulfonamides is 1. The highest BCUT2D eigenvalue weighted by Gasteiger charge is 2.50. The van der Waals surface area contributed by atoms with Crippen molar-refractivity contribution in [1.82, 2.24) is 9.21 Å². The van der Waals surface area contributed by atoms with Crippen LogP contribution in [0.15, 0.2) is 53.4 Å². The molecule has 2 aliphatic rings. The molecular formula is C27H34N2O4S. The molecule has 0 radical (unpaired) electrons. The first-order chi connectivity index (χ1) is 16.3.